The number of nitrogens with two attached hydrogens (primary N) is 1. The third-order valence-corrected chi connectivity index (χ3v) is 7.75. The number of carbonyl (C=O) groups is 1. The van der Waals surface area contributed by atoms with E-state index in [1.165, 1.54) is 0 Å². The molecule has 3 atom stereocenters. The SMILES string of the molecule is Cc1ccc(S(=O)(=O)[C@@H]2[C@@H](c3cccc(Cl)c3)[C@]2(CN)NC(=O)OC(C)(C)C)cc1. The maximum atomic E-state index is 13.5. The van der Waals surface area contributed by atoms with E-state index >= 15 is 0 Å². The molecule has 1 amide bonds. The monoisotopic (exact) mass is 450 g/mol. The Kier molecular flexibility index (Phi) is 5.93. The van der Waals surface area contributed by atoms with Crippen LogP contribution in [-0.2, 0) is 14.6 Å². The molecule has 0 radical (unpaired) electrons. The number of alkyl carbamates (subject to hydrolysis) is 1. The molecule has 0 aliphatic heterocycles. The van der Waals surface area contributed by atoms with Crippen molar-refractivity contribution in [3.8, 4) is 0 Å². The smallest absolute Gasteiger partial charge is 0.408 e. The molecule has 8 heteroatoms. The van der Waals surface area contributed by atoms with Crippen molar-refractivity contribution in [1.82, 2.24) is 5.32 Å². The summed E-state index contributed by atoms with van der Waals surface area (Å²) in [6.07, 6.45) is -0.707. The van der Waals surface area contributed by atoms with Crippen molar-refractivity contribution < 1.29 is 17.9 Å². The fraction of sp³-hybridized carbons (Fsp3) is 0.409. The summed E-state index contributed by atoms with van der Waals surface area (Å²) < 4.78 is 32.4. The first kappa shape index (κ1) is 22.6. The van der Waals surface area contributed by atoms with Crippen LogP contribution < -0.4 is 11.1 Å². The number of carbonyl (C=O) groups excluding carboxylic acids is 1. The normalized spacial score (nSPS) is 23.7. The lowest BCUT2D eigenvalue weighted by Crippen LogP contribution is -2.49. The first-order valence-corrected chi connectivity index (χ1v) is 11.6. The molecule has 1 fully saturated rings. The molecule has 3 N–H and O–H groups in total. The molecule has 3 rings (SSSR count). The standard InChI is InChI=1S/C22H27ClN2O4S/c1-14-8-10-17(11-9-14)30(27,28)19-18(15-6-5-7-16(23)12-15)22(19,13-24)25-20(26)29-21(2,3)4/h5-12,18-19H,13,24H2,1-4H3,(H,25,26)/t18-,19-,22+/m1/s1. The Balaban J connectivity index is 2.05. The van der Waals surface area contributed by atoms with Gasteiger partial charge in [-0.15, -0.1) is 0 Å². The number of hydrogen-bond acceptors (Lipinski definition) is 5. The lowest BCUT2D eigenvalue weighted by Gasteiger charge is -2.24. The Morgan fingerprint density at radius 1 is 1.20 bits per heavy atom. The molecule has 0 saturated heterocycles. The van der Waals surface area contributed by atoms with Crippen LogP contribution in [0.3, 0.4) is 0 Å². The van der Waals surface area contributed by atoms with E-state index in [0.29, 0.717) is 10.6 Å². The summed E-state index contributed by atoms with van der Waals surface area (Å²) in [5.74, 6) is -0.556. The summed E-state index contributed by atoms with van der Waals surface area (Å²) in [4.78, 5) is 12.7. The minimum atomic E-state index is -3.80. The van der Waals surface area contributed by atoms with Crippen molar-refractivity contribution in [3.63, 3.8) is 0 Å². The molecule has 1 aliphatic rings. The topological polar surface area (TPSA) is 98.5 Å². The van der Waals surface area contributed by atoms with Crippen LogP contribution in [0.15, 0.2) is 53.4 Å². The van der Waals surface area contributed by atoms with Gasteiger partial charge in [-0.2, -0.15) is 0 Å². The summed E-state index contributed by atoms with van der Waals surface area (Å²) >= 11 is 6.15. The molecule has 0 spiro atoms. The van der Waals surface area contributed by atoms with E-state index in [-0.39, 0.29) is 11.4 Å². The Bertz CT molecular complexity index is 1050. The van der Waals surface area contributed by atoms with Crippen LogP contribution in [0.2, 0.25) is 5.02 Å². The largest absolute Gasteiger partial charge is 0.444 e. The summed E-state index contributed by atoms with van der Waals surface area (Å²) in [6.45, 7) is 7.03. The molecule has 2 aromatic rings. The van der Waals surface area contributed by atoms with Crippen LogP contribution in [0.4, 0.5) is 4.79 Å². The van der Waals surface area contributed by atoms with E-state index < -0.39 is 38.2 Å². The van der Waals surface area contributed by atoms with Gasteiger partial charge in [0, 0.05) is 17.5 Å². The van der Waals surface area contributed by atoms with Crippen LogP contribution in [0.25, 0.3) is 0 Å². The highest BCUT2D eigenvalue weighted by Crippen LogP contribution is 2.57. The molecule has 6 nitrogen and oxygen atoms in total. The lowest BCUT2D eigenvalue weighted by molar-refractivity contribution is 0.0497. The first-order valence-electron chi connectivity index (χ1n) is 9.68. The Morgan fingerprint density at radius 3 is 2.37 bits per heavy atom. The van der Waals surface area contributed by atoms with E-state index in [2.05, 4.69) is 5.32 Å². The van der Waals surface area contributed by atoms with Gasteiger partial charge in [0.05, 0.1) is 10.4 Å². The maximum Gasteiger partial charge on any atom is 0.408 e. The number of ether oxygens (including phenoxy) is 1. The number of aryl methyl sites for hydroxylation is 1. The third-order valence-electron chi connectivity index (χ3n) is 5.22. The van der Waals surface area contributed by atoms with E-state index in [1.54, 1.807) is 69.3 Å². The zero-order chi connectivity index (χ0) is 22.3. The molecule has 0 bridgehead atoms. The van der Waals surface area contributed by atoms with E-state index in [9.17, 15) is 13.2 Å². The predicted octanol–water partition coefficient (Wildman–Crippen LogP) is 3.81. The molecular weight excluding hydrogens is 424 g/mol. The van der Waals surface area contributed by atoms with Crippen molar-refractivity contribution in [3.05, 3.63) is 64.7 Å². The third kappa shape index (κ3) is 4.33. The number of hydrogen-bond donors (Lipinski definition) is 2. The zero-order valence-electron chi connectivity index (χ0n) is 17.5. The zero-order valence-corrected chi connectivity index (χ0v) is 19.0. The van der Waals surface area contributed by atoms with E-state index in [0.717, 1.165) is 5.56 Å². The Hall–Kier alpha value is -2.09. The summed E-state index contributed by atoms with van der Waals surface area (Å²) in [6, 6.07) is 13.6. The predicted molar refractivity (Wildman–Crippen MR) is 118 cm³/mol. The van der Waals surface area contributed by atoms with Crippen molar-refractivity contribution >= 4 is 27.5 Å². The molecule has 30 heavy (non-hydrogen) atoms. The van der Waals surface area contributed by atoms with Gasteiger partial charge in [0.25, 0.3) is 0 Å². The van der Waals surface area contributed by atoms with Crippen LogP contribution in [0.1, 0.15) is 37.8 Å². The molecule has 162 valence electrons. The fourth-order valence-electron chi connectivity index (χ4n) is 3.84. The Labute approximate surface area is 182 Å². The molecule has 0 aromatic heterocycles. The minimum Gasteiger partial charge on any atom is -0.444 e. The lowest BCUT2D eigenvalue weighted by atomic mass is 10.1. The molecule has 0 unspecified atom stereocenters. The summed E-state index contributed by atoms with van der Waals surface area (Å²) in [5, 5.41) is 2.31. The van der Waals surface area contributed by atoms with Gasteiger partial charge >= 0.3 is 6.09 Å². The number of sulfone groups is 1. The van der Waals surface area contributed by atoms with Crippen molar-refractivity contribution in [2.24, 2.45) is 5.73 Å². The van der Waals surface area contributed by atoms with Gasteiger partial charge in [0.2, 0.25) is 0 Å². The van der Waals surface area contributed by atoms with Gasteiger partial charge < -0.3 is 15.8 Å². The minimum absolute atomic E-state index is 0.0703. The maximum absolute atomic E-state index is 13.5. The quantitative estimate of drug-likeness (QED) is 0.721. The van der Waals surface area contributed by atoms with Gasteiger partial charge in [0.15, 0.2) is 9.84 Å². The van der Waals surface area contributed by atoms with Gasteiger partial charge in [-0.05, 0) is 57.5 Å². The van der Waals surface area contributed by atoms with E-state index in [4.69, 9.17) is 22.1 Å². The van der Waals surface area contributed by atoms with Gasteiger partial charge in [-0.25, -0.2) is 13.2 Å². The van der Waals surface area contributed by atoms with Crippen molar-refractivity contribution in [1.29, 1.82) is 0 Å². The molecule has 0 heterocycles. The highest BCUT2D eigenvalue weighted by atomic mass is 35.5. The number of benzene rings is 2. The Morgan fingerprint density at radius 2 is 1.83 bits per heavy atom. The van der Waals surface area contributed by atoms with Crippen LogP contribution in [0, 0.1) is 6.92 Å². The second-order valence-electron chi connectivity index (χ2n) is 8.68. The second-order valence-corrected chi connectivity index (χ2v) is 11.2. The second kappa shape index (κ2) is 7.87. The van der Waals surface area contributed by atoms with Crippen molar-refractivity contribution in [2.75, 3.05) is 6.54 Å². The number of nitrogens with one attached hydrogen (secondary N) is 1. The first-order chi connectivity index (χ1) is 13.9. The average Bonchev–Trinajstić information content (AvgIpc) is 3.30. The summed E-state index contributed by atoms with van der Waals surface area (Å²) in [5.41, 5.74) is 5.79. The average molecular weight is 451 g/mol. The van der Waals surface area contributed by atoms with Crippen molar-refractivity contribution in [2.45, 2.75) is 54.9 Å². The number of amides is 1. The molecule has 2 aromatic carbocycles. The van der Waals surface area contributed by atoms with Gasteiger partial charge in [-0.1, -0.05) is 41.4 Å². The molecule has 1 saturated carbocycles. The molecular formula is C22H27ClN2O4S. The summed E-state index contributed by atoms with van der Waals surface area (Å²) in [7, 11) is -3.80. The van der Waals surface area contributed by atoms with E-state index in [1.807, 2.05) is 6.92 Å². The highest BCUT2D eigenvalue weighted by Gasteiger charge is 2.71. The molecule has 1 aliphatic carbocycles. The fourth-order valence-corrected chi connectivity index (χ4v) is 6.39. The van der Waals surface area contributed by atoms with Crippen LogP contribution >= 0.6 is 11.6 Å². The van der Waals surface area contributed by atoms with Gasteiger partial charge in [-0.3, -0.25) is 0 Å². The van der Waals surface area contributed by atoms with Crippen LogP contribution in [-0.4, -0.2) is 37.4 Å². The highest BCUT2D eigenvalue weighted by molar-refractivity contribution is 7.92. The number of rotatable bonds is 5. The van der Waals surface area contributed by atoms with Gasteiger partial charge in [0.1, 0.15) is 10.9 Å². The number of halogens is 1. The van der Waals surface area contributed by atoms with Crippen LogP contribution in [0.5, 0.6) is 0 Å².